The number of nitrogens with zero attached hydrogens (tertiary/aromatic N) is 1. The van der Waals surface area contributed by atoms with E-state index in [-0.39, 0.29) is 11.6 Å². The first kappa shape index (κ1) is 11.1. The second-order valence-electron chi connectivity index (χ2n) is 3.47. The molecule has 0 radical (unpaired) electrons. The van der Waals surface area contributed by atoms with Gasteiger partial charge in [-0.1, -0.05) is 12.1 Å². The molecule has 4 heteroatoms. The Bertz CT molecular complexity index is 476. The van der Waals surface area contributed by atoms with E-state index in [9.17, 15) is 4.39 Å². The predicted octanol–water partition coefficient (Wildman–Crippen LogP) is 3.48. The molecule has 0 spiro atoms. The molecule has 0 aliphatic rings. The minimum Gasteiger partial charge on any atom is -0.483 e. The zero-order valence-electron chi connectivity index (χ0n) is 9.16. The van der Waals surface area contributed by atoms with Crippen LogP contribution in [0.1, 0.15) is 15.6 Å². The molecule has 2 rings (SSSR count). The van der Waals surface area contributed by atoms with Crippen LogP contribution in [0.4, 0.5) is 4.39 Å². The molecule has 0 aliphatic carbocycles. The Labute approximate surface area is 97.7 Å². The average Bonchev–Trinajstić information content (AvgIpc) is 2.57. The third-order valence-electron chi connectivity index (χ3n) is 2.26. The molecule has 2 nitrogen and oxygen atoms in total. The lowest BCUT2D eigenvalue weighted by Crippen LogP contribution is -1.96. The average molecular weight is 237 g/mol. The maximum absolute atomic E-state index is 13.2. The number of para-hydroxylation sites is 1. The van der Waals surface area contributed by atoms with E-state index < -0.39 is 0 Å². The number of hydrogen-bond acceptors (Lipinski definition) is 3. The fourth-order valence-electron chi connectivity index (χ4n) is 1.30. The van der Waals surface area contributed by atoms with E-state index in [2.05, 4.69) is 4.98 Å². The summed E-state index contributed by atoms with van der Waals surface area (Å²) in [6, 6.07) is 6.38. The number of aryl methyl sites for hydroxylation is 2. The second kappa shape index (κ2) is 4.61. The smallest absolute Gasteiger partial charge is 0.165 e. The fourth-order valence-corrected chi connectivity index (χ4v) is 2.15. The van der Waals surface area contributed by atoms with Crippen LogP contribution in [0.15, 0.2) is 24.3 Å². The lowest BCUT2D eigenvalue weighted by Gasteiger charge is -2.04. The van der Waals surface area contributed by atoms with Crippen molar-refractivity contribution in [1.82, 2.24) is 4.98 Å². The van der Waals surface area contributed by atoms with Crippen LogP contribution in [0.3, 0.4) is 0 Å². The Balaban J connectivity index is 2.05. The largest absolute Gasteiger partial charge is 0.483 e. The Morgan fingerprint density at radius 3 is 2.69 bits per heavy atom. The monoisotopic (exact) mass is 237 g/mol. The highest BCUT2D eigenvalue weighted by molar-refractivity contribution is 7.11. The molecule has 0 bridgehead atoms. The SMILES string of the molecule is Cc1nc(COc2ccccc2F)sc1C. The lowest BCUT2D eigenvalue weighted by molar-refractivity contribution is 0.289. The van der Waals surface area contributed by atoms with Crippen LogP contribution >= 0.6 is 11.3 Å². The van der Waals surface area contributed by atoms with Crippen molar-refractivity contribution in [1.29, 1.82) is 0 Å². The molecule has 16 heavy (non-hydrogen) atoms. The van der Waals surface area contributed by atoms with E-state index in [4.69, 9.17) is 4.74 Å². The summed E-state index contributed by atoms with van der Waals surface area (Å²) in [6.07, 6.45) is 0. The molecule has 0 aliphatic heterocycles. The molecule has 0 N–H and O–H groups in total. The van der Waals surface area contributed by atoms with Crippen LogP contribution in [0.2, 0.25) is 0 Å². The summed E-state index contributed by atoms with van der Waals surface area (Å²) < 4.78 is 18.6. The molecule has 0 fully saturated rings. The van der Waals surface area contributed by atoms with E-state index in [1.54, 1.807) is 29.5 Å². The zero-order valence-corrected chi connectivity index (χ0v) is 9.97. The van der Waals surface area contributed by atoms with E-state index in [1.165, 1.54) is 10.9 Å². The Morgan fingerprint density at radius 1 is 1.31 bits per heavy atom. The van der Waals surface area contributed by atoms with Crippen LogP contribution in [-0.4, -0.2) is 4.98 Å². The number of halogens is 1. The van der Waals surface area contributed by atoms with Gasteiger partial charge in [0, 0.05) is 4.88 Å². The lowest BCUT2D eigenvalue weighted by atomic mass is 10.3. The van der Waals surface area contributed by atoms with E-state index in [0.29, 0.717) is 6.61 Å². The van der Waals surface area contributed by atoms with Crippen molar-refractivity contribution in [3.05, 3.63) is 45.7 Å². The first-order valence-electron chi connectivity index (χ1n) is 4.97. The molecule has 1 aromatic carbocycles. The van der Waals surface area contributed by atoms with Crippen molar-refractivity contribution in [2.24, 2.45) is 0 Å². The second-order valence-corrected chi connectivity index (χ2v) is 4.76. The van der Waals surface area contributed by atoms with Crippen molar-refractivity contribution < 1.29 is 9.13 Å². The number of ether oxygens (including phenoxy) is 1. The highest BCUT2D eigenvalue weighted by Gasteiger charge is 2.06. The van der Waals surface area contributed by atoms with Gasteiger partial charge in [0.1, 0.15) is 11.6 Å². The molecule has 1 heterocycles. The molecule has 84 valence electrons. The maximum atomic E-state index is 13.2. The molecule has 1 aromatic heterocycles. The summed E-state index contributed by atoms with van der Waals surface area (Å²) >= 11 is 1.58. The number of hydrogen-bond donors (Lipinski definition) is 0. The van der Waals surface area contributed by atoms with Crippen LogP contribution in [0.25, 0.3) is 0 Å². The molecular formula is C12H12FNOS. The summed E-state index contributed by atoms with van der Waals surface area (Å²) in [4.78, 5) is 5.50. The van der Waals surface area contributed by atoms with Crippen molar-refractivity contribution in [3.63, 3.8) is 0 Å². The predicted molar refractivity (Wildman–Crippen MR) is 62.3 cm³/mol. The standard InChI is InChI=1S/C12H12FNOS/c1-8-9(2)16-12(14-8)7-15-11-6-4-3-5-10(11)13/h3-6H,7H2,1-2H3. The Morgan fingerprint density at radius 2 is 2.06 bits per heavy atom. The number of thiazole rings is 1. The van der Waals surface area contributed by atoms with Gasteiger partial charge in [0.15, 0.2) is 11.6 Å². The number of aromatic nitrogens is 1. The van der Waals surface area contributed by atoms with Crippen LogP contribution in [0.5, 0.6) is 5.75 Å². The quantitative estimate of drug-likeness (QED) is 0.815. The molecule has 2 aromatic rings. The zero-order chi connectivity index (χ0) is 11.5. The highest BCUT2D eigenvalue weighted by atomic mass is 32.1. The summed E-state index contributed by atoms with van der Waals surface area (Å²) in [6.45, 7) is 4.29. The minimum atomic E-state index is -0.340. The molecule has 0 unspecified atom stereocenters. The van der Waals surface area contributed by atoms with Gasteiger partial charge < -0.3 is 4.74 Å². The molecule has 0 atom stereocenters. The van der Waals surface area contributed by atoms with Gasteiger partial charge in [0.05, 0.1) is 5.69 Å². The van der Waals surface area contributed by atoms with Crippen molar-refractivity contribution in [2.75, 3.05) is 0 Å². The van der Waals surface area contributed by atoms with E-state index in [0.717, 1.165) is 10.7 Å². The minimum absolute atomic E-state index is 0.271. The van der Waals surface area contributed by atoms with Gasteiger partial charge >= 0.3 is 0 Å². The first-order chi connectivity index (χ1) is 7.66. The molecule has 0 amide bonds. The van der Waals surface area contributed by atoms with Crippen LogP contribution in [0, 0.1) is 19.7 Å². The first-order valence-corrected chi connectivity index (χ1v) is 5.78. The van der Waals surface area contributed by atoms with Gasteiger partial charge in [-0.05, 0) is 26.0 Å². The van der Waals surface area contributed by atoms with Crippen LogP contribution < -0.4 is 4.74 Å². The summed E-state index contributed by atoms with van der Waals surface area (Å²) in [7, 11) is 0. The third kappa shape index (κ3) is 2.39. The summed E-state index contributed by atoms with van der Waals surface area (Å²) in [5.74, 6) is -0.0690. The van der Waals surface area contributed by atoms with Gasteiger partial charge in [-0.2, -0.15) is 0 Å². The van der Waals surface area contributed by atoms with Gasteiger partial charge in [0.25, 0.3) is 0 Å². The molecular weight excluding hydrogens is 225 g/mol. The van der Waals surface area contributed by atoms with E-state index >= 15 is 0 Å². The van der Waals surface area contributed by atoms with Crippen molar-refractivity contribution in [2.45, 2.75) is 20.5 Å². The highest BCUT2D eigenvalue weighted by Crippen LogP contribution is 2.20. The van der Waals surface area contributed by atoms with Gasteiger partial charge in [0.2, 0.25) is 0 Å². The molecule has 0 saturated heterocycles. The summed E-state index contributed by atoms with van der Waals surface area (Å²) in [5.41, 5.74) is 1.01. The normalized spacial score (nSPS) is 10.4. The topological polar surface area (TPSA) is 22.1 Å². The van der Waals surface area contributed by atoms with Gasteiger partial charge in [-0.15, -0.1) is 11.3 Å². The summed E-state index contributed by atoms with van der Waals surface area (Å²) in [5, 5.41) is 0.873. The van der Waals surface area contributed by atoms with E-state index in [1.807, 2.05) is 13.8 Å². The number of rotatable bonds is 3. The fraction of sp³-hybridized carbons (Fsp3) is 0.250. The Hall–Kier alpha value is -1.42. The Kier molecular flexibility index (Phi) is 3.19. The third-order valence-corrected chi connectivity index (χ3v) is 3.31. The number of benzene rings is 1. The maximum Gasteiger partial charge on any atom is 0.165 e. The van der Waals surface area contributed by atoms with Crippen molar-refractivity contribution in [3.8, 4) is 5.75 Å². The molecule has 0 saturated carbocycles. The van der Waals surface area contributed by atoms with Crippen molar-refractivity contribution >= 4 is 11.3 Å². The van der Waals surface area contributed by atoms with Gasteiger partial charge in [-0.3, -0.25) is 0 Å². The van der Waals surface area contributed by atoms with Gasteiger partial charge in [-0.25, -0.2) is 9.37 Å². The van der Waals surface area contributed by atoms with Crippen LogP contribution in [-0.2, 0) is 6.61 Å².